The molecule has 200 valence electrons. The van der Waals surface area contributed by atoms with Gasteiger partial charge in [-0.15, -0.1) is 12.4 Å². The van der Waals surface area contributed by atoms with E-state index in [1.807, 2.05) is 23.1 Å². The second kappa shape index (κ2) is 9.71. The van der Waals surface area contributed by atoms with E-state index in [2.05, 4.69) is 4.98 Å². The zero-order valence-electron chi connectivity index (χ0n) is 21.2. The Balaban J connectivity index is 0.00000320. The van der Waals surface area contributed by atoms with Crippen LogP contribution in [0.25, 0.3) is 11.2 Å². The van der Waals surface area contributed by atoms with Crippen molar-refractivity contribution in [3.63, 3.8) is 0 Å². The summed E-state index contributed by atoms with van der Waals surface area (Å²) in [4.78, 5) is 44.6. The highest BCUT2D eigenvalue weighted by atomic mass is 35.5. The fourth-order valence-electron chi connectivity index (χ4n) is 5.50. The number of nitrogens with zero attached hydrogens (tertiary/aromatic N) is 5. The first-order valence-corrected chi connectivity index (χ1v) is 12.1. The van der Waals surface area contributed by atoms with E-state index >= 15 is 0 Å². The van der Waals surface area contributed by atoms with Crippen molar-refractivity contribution in [1.29, 1.82) is 0 Å². The maximum atomic E-state index is 13.1. The van der Waals surface area contributed by atoms with Crippen molar-refractivity contribution in [2.75, 3.05) is 19.7 Å². The first-order valence-electron chi connectivity index (χ1n) is 12.1. The zero-order chi connectivity index (χ0) is 25.8. The molecular formula is C25H33ClN6O5. The molecule has 0 bridgehead atoms. The Hall–Kier alpha value is -2.99. The molecule has 1 aromatic carbocycles. The van der Waals surface area contributed by atoms with Crippen molar-refractivity contribution in [2.45, 2.75) is 50.0 Å². The van der Waals surface area contributed by atoms with Gasteiger partial charge >= 0.3 is 5.69 Å². The maximum absolute atomic E-state index is 13.1. The highest BCUT2D eigenvalue weighted by molar-refractivity contribution is 5.94. The van der Waals surface area contributed by atoms with Gasteiger partial charge in [0.25, 0.3) is 11.5 Å². The SMILES string of the molecule is Cl.Cn1c(=O)c2c(ncn2[C@H]2CC3(CCN(C(=O)c4cccc(CN)c4)CC3)OC[C@]2(C)O)n(C)c1=O. The molecule has 2 aliphatic rings. The Bertz CT molecular complexity index is 1450. The predicted molar refractivity (Wildman–Crippen MR) is 140 cm³/mol. The summed E-state index contributed by atoms with van der Waals surface area (Å²) < 4.78 is 10.3. The van der Waals surface area contributed by atoms with Crippen LogP contribution >= 0.6 is 12.4 Å². The van der Waals surface area contributed by atoms with Gasteiger partial charge in [-0.25, -0.2) is 9.78 Å². The van der Waals surface area contributed by atoms with Gasteiger partial charge in [-0.3, -0.25) is 18.7 Å². The summed E-state index contributed by atoms with van der Waals surface area (Å²) in [5, 5.41) is 11.3. The van der Waals surface area contributed by atoms with Crippen LogP contribution < -0.4 is 17.0 Å². The minimum Gasteiger partial charge on any atom is -0.386 e. The molecule has 5 rings (SSSR count). The summed E-state index contributed by atoms with van der Waals surface area (Å²) in [7, 11) is 3.00. The fourth-order valence-corrected chi connectivity index (χ4v) is 5.50. The molecule has 0 radical (unpaired) electrons. The number of likely N-dealkylation sites (tertiary alicyclic amines) is 1. The number of piperidine rings is 1. The lowest BCUT2D eigenvalue weighted by molar-refractivity contribution is -0.198. The molecule has 2 fully saturated rings. The van der Waals surface area contributed by atoms with Crippen molar-refractivity contribution in [2.24, 2.45) is 19.8 Å². The van der Waals surface area contributed by atoms with E-state index in [4.69, 9.17) is 10.5 Å². The summed E-state index contributed by atoms with van der Waals surface area (Å²) in [6, 6.07) is 6.87. The number of hydrogen-bond acceptors (Lipinski definition) is 7. The van der Waals surface area contributed by atoms with Gasteiger partial charge in [-0.05, 0) is 37.5 Å². The molecule has 1 spiro atoms. The lowest BCUT2D eigenvalue weighted by atomic mass is 9.77. The smallest absolute Gasteiger partial charge is 0.332 e. The second-order valence-electron chi connectivity index (χ2n) is 10.3. The molecule has 11 nitrogen and oxygen atoms in total. The summed E-state index contributed by atoms with van der Waals surface area (Å²) >= 11 is 0. The Labute approximate surface area is 219 Å². The monoisotopic (exact) mass is 532 g/mol. The molecule has 4 heterocycles. The van der Waals surface area contributed by atoms with Crippen molar-refractivity contribution < 1.29 is 14.6 Å². The maximum Gasteiger partial charge on any atom is 0.332 e. The van der Waals surface area contributed by atoms with Crippen molar-refractivity contribution in [3.8, 4) is 0 Å². The third-order valence-electron chi connectivity index (χ3n) is 7.83. The third-order valence-corrected chi connectivity index (χ3v) is 7.83. The van der Waals surface area contributed by atoms with Crippen LogP contribution in [-0.4, -0.2) is 65.5 Å². The summed E-state index contributed by atoms with van der Waals surface area (Å²) in [5.41, 5.74) is 5.08. The first kappa shape index (κ1) is 27.1. The normalized spacial score (nSPS) is 23.3. The first-order chi connectivity index (χ1) is 17.1. The molecule has 3 aromatic rings. The number of halogens is 1. The second-order valence-corrected chi connectivity index (χ2v) is 10.3. The zero-order valence-corrected chi connectivity index (χ0v) is 22.0. The molecule has 2 saturated heterocycles. The molecule has 1 amide bonds. The Morgan fingerprint density at radius 1 is 1.22 bits per heavy atom. The number of carbonyl (C=O) groups is 1. The number of aromatic nitrogens is 4. The molecule has 0 aliphatic carbocycles. The molecular weight excluding hydrogens is 500 g/mol. The summed E-state index contributed by atoms with van der Waals surface area (Å²) in [5.74, 6) is -0.0375. The number of aliphatic hydroxyl groups is 1. The summed E-state index contributed by atoms with van der Waals surface area (Å²) in [6.07, 6.45) is 3.17. The Morgan fingerprint density at radius 2 is 1.92 bits per heavy atom. The van der Waals surface area contributed by atoms with Crippen LogP contribution in [0.1, 0.15) is 48.1 Å². The lowest BCUT2D eigenvalue weighted by Gasteiger charge is -2.51. The molecule has 0 saturated carbocycles. The van der Waals surface area contributed by atoms with Crippen LogP contribution in [0.15, 0.2) is 40.2 Å². The largest absolute Gasteiger partial charge is 0.386 e. The van der Waals surface area contributed by atoms with Crippen molar-refractivity contribution in [1.82, 2.24) is 23.6 Å². The number of amides is 1. The number of rotatable bonds is 3. The van der Waals surface area contributed by atoms with E-state index in [1.165, 1.54) is 17.9 Å². The van der Waals surface area contributed by atoms with Gasteiger partial charge in [0.2, 0.25) is 0 Å². The molecule has 3 N–H and O–H groups in total. The number of imidazole rings is 1. The van der Waals surface area contributed by atoms with Crippen LogP contribution in [0, 0.1) is 0 Å². The number of benzene rings is 1. The predicted octanol–water partition coefficient (Wildman–Crippen LogP) is 0.702. The average Bonchev–Trinajstić information content (AvgIpc) is 3.33. The average molecular weight is 533 g/mol. The number of aryl methyl sites for hydroxylation is 1. The van der Waals surface area contributed by atoms with Crippen LogP contribution in [0.3, 0.4) is 0 Å². The van der Waals surface area contributed by atoms with Gasteiger partial charge in [0.1, 0.15) is 5.60 Å². The van der Waals surface area contributed by atoms with E-state index < -0.39 is 28.5 Å². The molecule has 12 heteroatoms. The van der Waals surface area contributed by atoms with Crippen molar-refractivity contribution >= 4 is 29.5 Å². The fraction of sp³-hybridized carbons (Fsp3) is 0.520. The highest BCUT2D eigenvalue weighted by Gasteiger charge is 2.50. The van der Waals surface area contributed by atoms with Crippen LogP contribution in [0.2, 0.25) is 0 Å². The van der Waals surface area contributed by atoms with E-state index in [1.54, 1.807) is 24.6 Å². The number of fused-ring (bicyclic) bond motifs is 1. The number of carbonyl (C=O) groups excluding carboxylic acids is 1. The van der Waals surface area contributed by atoms with Gasteiger partial charge in [0.15, 0.2) is 11.2 Å². The standard InChI is InChI=1S/C25H32N6O5.ClH/c1-24(35)14-36-25(7-9-30(10-8-25)21(32)17-6-4-5-16(11-17)13-26)12-18(24)31-15-27-20-19(31)22(33)29(3)23(34)28(20)2;/h4-6,11,15,18,35H,7-10,12-14,26H2,1-3H3;1H/t18-,24-;/m0./s1. The summed E-state index contributed by atoms with van der Waals surface area (Å²) in [6.45, 7) is 3.17. The number of hydrogen-bond donors (Lipinski definition) is 2. The van der Waals surface area contributed by atoms with Gasteiger partial charge in [-0.1, -0.05) is 12.1 Å². The van der Waals surface area contributed by atoms with Gasteiger partial charge in [0, 0.05) is 45.7 Å². The van der Waals surface area contributed by atoms with E-state index in [9.17, 15) is 19.5 Å². The molecule has 37 heavy (non-hydrogen) atoms. The molecule has 2 aromatic heterocycles. The van der Waals surface area contributed by atoms with Gasteiger partial charge < -0.3 is 25.0 Å². The van der Waals surface area contributed by atoms with Gasteiger partial charge in [-0.2, -0.15) is 0 Å². The van der Waals surface area contributed by atoms with Crippen molar-refractivity contribution in [3.05, 3.63) is 62.6 Å². The van der Waals surface area contributed by atoms with Crippen LogP contribution in [0.4, 0.5) is 0 Å². The van der Waals surface area contributed by atoms with Gasteiger partial charge in [0.05, 0.1) is 24.6 Å². The lowest BCUT2D eigenvalue weighted by Crippen LogP contribution is -2.57. The molecule has 0 unspecified atom stereocenters. The highest BCUT2D eigenvalue weighted by Crippen LogP contribution is 2.44. The number of nitrogens with two attached hydrogens (primary N) is 1. The van der Waals surface area contributed by atoms with E-state index in [0.717, 1.165) is 10.1 Å². The third kappa shape index (κ3) is 4.50. The van der Waals surface area contributed by atoms with E-state index in [0.29, 0.717) is 44.5 Å². The van der Waals surface area contributed by atoms with E-state index in [-0.39, 0.29) is 36.1 Å². The number of ether oxygens (including phenoxy) is 1. The van der Waals surface area contributed by atoms with Crippen LogP contribution in [0.5, 0.6) is 0 Å². The minimum absolute atomic E-state index is 0. The minimum atomic E-state index is -1.26. The molecule has 2 aliphatic heterocycles. The molecule has 2 atom stereocenters. The Morgan fingerprint density at radius 3 is 2.59 bits per heavy atom. The Kier molecular flexibility index (Phi) is 7.10. The topological polar surface area (TPSA) is 138 Å². The quantitative estimate of drug-likeness (QED) is 0.506. The van der Waals surface area contributed by atoms with Crippen LogP contribution in [-0.2, 0) is 25.4 Å².